The van der Waals surface area contributed by atoms with Crippen LogP contribution >= 0.6 is 11.8 Å². The summed E-state index contributed by atoms with van der Waals surface area (Å²) in [7, 11) is 0. The lowest BCUT2D eigenvalue weighted by Gasteiger charge is -2.30. The summed E-state index contributed by atoms with van der Waals surface area (Å²) in [6, 6.07) is 0.504. The molecule has 6 heteroatoms. The SMILES string of the molecule is CCNC(=NCCNC(=O)C(C)(C)C)NC1CCCC(SCC)C1. The number of guanidine groups is 1. The number of nitrogens with zero attached hydrogens (tertiary/aromatic N) is 1. The highest BCUT2D eigenvalue weighted by atomic mass is 32.2. The van der Waals surface area contributed by atoms with Crippen molar-refractivity contribution in [3.63, 3.8) is 0 Å². The van der Waals surface area contributed by atoms with Crippen LogP contribution in [0.3, 0.4) is 0 Å². The van der Waals surface area contributed by atoms with Crippen molar-refractivity contribution in [3.8, 4) is 0 Å². The summed E-state index contributed by atoms with van der Waals surface area (Å²) in [5, 5.41) is 10.6. The molecule has 1 amide bonds. The number of hydrogen-bond acceptors (Lipinski definition) is 3. The van der Waals surface area contributed by atoms with Gasteiger partial charge in [-0.3, -0.25) is 9.79 Å². The zero-order valence-corrected chi connectivity index (χ0v) is 16.9. The Morgan fingerprint density at radius 1 is 1.21 bits per heavy atom. The Balaban J connectivity index is 2.43. The molecule has 0 aliphatic heterocycles. The molecular formula is C18H36N4OS. The molecule has 0 bridgehead atoms. The van der Waals surface area contributed by atoms with Gasteiger partial charge in [-0.05, 0) is 31.9 Å². The van der Waals surface area contributed by atoms with E-state index in [-0.39, 0.29) is 11.3 Å². The molecule has 1 aliphatic rings. The first-order chi connectivity index (χ1) is 11.4. The Labute approximate surface area is 152 Å². The molecule has 3 N–H and O–H groups in total. The molecule has 1 rings (SSSR count). The Morgan fingerprint density at radius 3 is 2.58 bits per heavy atom. The summed E-state index contributed by atoms with van der Waals surface area (Å²) in [5.41, 5.74) is -0.347. The lowest BCUT2D eigenvalue weighted by molar-refractivity contribution is -0.128. The molecule has 0 aromatic carbocycles. The summed E-state index contributed by atoms with van der Waals surface area (Å²) in [5.74, 6) is 2.14. The van der Waals surface area contributed by atoms with Gasteiger partial charge in [0.05, 0.1) is 6.54 Å². The molecule has 2 unspecified atom stereocenters. The van der Waals surface area contributed by atoms with Crippen molar-refractivity contribution in [2.45, 2.75) is 71.6 Å². The standard InChI is InChI=1S/C18H36N4OS/c1-6-19-17(21-12-11-20-16(23)18(3,4)5)22-14-9-8-10-15(13-14)24-7-2/h14-15H,6-13H2,1-5H3,(H,20,23)(H2,19,21,22). The second kappa shape index (κ2) is 10.9. The fourth-order valence-corrected chi connectivity index (χ4v) is 3.95. The van der Waals surface area contributed by atoms with E-state index >= 15 is 0 Å². The van der Waals surface area contributed by atoms with Crippen molar-refractivity contribution in [1.29, 1.82) is 0 Å². The number of carbonyl (C=O) groups is 1. The Morgan fingerprint density at radius 2 is 1.96 bits per heavy atom. The van der Waals surface area contributed by atoms with Gasteiger partial charge in [0, 0.05) is 29.8 Å². The maximum atomic E-state index is 11.9. The molecule has 0 heterocycles. The van der Waals surface area contributed by atoms with Crippen LogP contribution < -0.4 is 16.0 Å². The first-order valence-electron chi connectivity index (χ1n) is 9.31. The predicted molar refractivity (Wildman–Crippen MR) is 106 cm³/mol. The van der Waals surface area contributed by atoms with Gasteiger partial charge in [-0.25, -0.2) is 0 Å². The summed E-state index contributed by atoms with van der Waals surface area (Å²) in [6.07, 6.45) is 5.05. The van der Waals surface area contributed by atoms with E-state index in [1.165, 1.54) is 31.4 Å². The quantitative estimate of drug-likeness (QED) is 0.373. The number of rotatable bonds is 7. The van der Waals surface area contributed by atoms with Crippen LogP contribution in [0.2, 0.25) is 0 Å². The second-order valence-corrected chi connectivity index (χ2v) is 8.93. The van der Waals surface area contributed by atoms with Crippen molar-refractivity contribution in [2.24, 2.45) is 10.4 Å². The molecule has 24 heavy (non-hydrogen) atoms. The van der Waals surface area contributed by atoms with Gasteiger partial charge in [0.25, 0.3) is 0 Å². The first-order valence-corrected chi connectivity index (χ1v) is 10.4. The van der Waals surface area contributed by atoms with Gasteiger partial charge in [-0.2, -0.15) is 11.8 Å². The van der Waals surface area contributed by atoms with E-state index in [9.17, 15) is 4.79 Å². The average Bonchev–Trinajstić information content (AvgIpc) is 2.51. The predicted octanol–water partition coefficient (Wildman–Crippen LogP) is 2.77. The van der Waals surface area contributed by atoms with Gasteiger partial charge in [0.1, 0.15) is 0 Å². The Bertz CT molecular complexity index is 404. The molecule has 5 nitrogen and oxygen atoms in total. The molecular weight excluding hydrogens is 320 g/mol. The Hall–Kier alpha value is -0.910. The molecule has 1 aliphatic carbocycles. The fraction of sp³-hybridized carbons (Fsp3) is 0.889. The second-order valence-electron chi connectivity index (χ2n) is 7.35. The zero-order valence-electron chi connectivity index (χ0n) is 16.1. The van der Waals surface area contributed by atoms with E-state index in [4.69, 9.17) is 0 Å². The van der Waals surface area contributed by atoms with Crippen LogP contribution in [0.15, 0.2) is 4.99 Å². The van der Waals surface area contributed by atoms with Crippen molar-refractivity contribution >= 4 is 23.6 Å². The monoisotopic (exact) mass is 356 g/mol. The number of amides is 1. The summed E-state index contributed by atoms with van der Waals surface area (Å²) < 4.78 is 0. The normalized spacial score (nSPS) is 22.1. The average molecular weight is 357 g/mol. The van der Waals surface area contributed by atoms with E-state index < -0.39 is 0 Å². The highest BCUT2D eigenvalue weighted by Gasteiger charge is 2.22. The summed E-state index contributed by atoms with van der Waals surface area (Å²) in [6.45, 7) is 12.1. The zero-order chi connectivity index (χ0) is 18.0. The fourth-order valence-electron chi connectivity index (χ4n) is 2.78. The molecule has 1 saturated carbocycles. The molecule has 0 radical (unpaired) electrons. The third kappa shape index (κ3) is 8.27. The van der Waals surface area contributed by atoms with Crippen LogP contribution in [0.4, 0.5) is 0 Å². The van der Waals surface area contributed by atoms with Gasteiger partial charge >= 0.3 is 0 Å². The minimum atomic E-state index is -0.347. The maximum Gasteiger partial charge on any atom is 0.225 e. The number of carbonyl (C=O) groups excluding carboxylic acids is 1. The van der Waals surface area contributed by atoms with Crippen molar-refractivity contribution < 1.29 is 4.79 Å². The lowest BCUT2D eigenvalue weighted by Crippen LogP contribution is -2.46. The number of aliphatic imine (C=N–C) groups is 1. The number of nitrogens with one attached hydrogen (secondary N) is 3. The van der Waals surface area contributed by atoms with Crippen LogP contribution in [0.25, 0.3) is 0 Å². The first kappa shape index (κ1) is 21.1. The Kier molecular flexibility index (Phi) is 9.56. The summed E-state index contributed by atoms with van der Waals surface area (Å²) in [4.78, 5) is 16.5. The van der Waals surface area contributed by atoms with E-state index in [0.717, 1.165) is 17.8 Å². The topological polar surface area (TPSA) is 65.5 Å². The highest BCUT2D eigenvalue weighted by Crippen LogP contribution is 2.28. The minimum absolute atomic E-state index is 0.0716. The van der Waals surface area contributed by atoms with Gasteiger partial charge < -0.3 is 16.0 Å². The molecule has 0 spiro atoms. The number of thioether (sulfide) groups is 1. The molecule has 2 atom stereocenters. The molecule has 0 saturated heterocycles. The molecule has 0 aromatic rings. The van der Waals surface area contributed by atoms with Gasteiger partial charge in [-0.15, -0.1) is 0 Å². The van der Waals surface area contributed by atoms with Crippen LogP contribution in [0, 0.1) is 5.41 Å². The lowest BCUT2D eigenvalue weighted by atomic mass is 9.95. The van der Waals surface area contributed by atoms with Gasteiger partial charge in [0.2, 0.25) is 5.91 Å². The molecule has 0 aromatic heterocycles. The van der Waals surface area contributed by atoms with Crippen molar-refractivity contribution in [3.05, 3.63) is 0 Å². The van der Waals surface area contributed by atoms with Gasteiger partial charge in [0.15, 0.2) is 5.96 Å². The van der Waals surface area contributed by atoms with Crippen molar-refractivity contribution in [1.82, 2.24) is 16.0 Å². The van der Waals surface area contributed by atoms with Crippen LogP contribution in [-0.2, 0) is 4.79 Å². The largest absolute Gasteiger partial charge is 0.357 e. The van der Waals surface area contributed by atoms with Crippen molar-refractivity contribution in [2.75, 3.05) is 25.4 Å². The van der Waals surface area contributed by atoms with E-state index in [1.54, 1.807) is 0 Å². The maximum absolute atomic E-state index is 11.9. The highest BCUT2D eigenvalue weighted by molar-refractivity contribution is 7.99. The van der Waals surface area contributed by atoms with E-state index in [1.807, 2.05) is 20.8 Å². The number of hydrogen-bond donors (Lipinski definition) is 3. The van der Waals surface area contributed by atoms with Gasteiger partial charge in [-0.1, -0.05) is 34.1 Å². The third-order valence-corrected chi connectivity index (χ3v) is 5.29. The van der Waals surface area contributed by atoms with E-state index in [0.29, 0.717) is 19.1 Å². The minimum Gasteiger partial charge on any atom is -0.357 e. The molecule has 1 fully saturated rings. The van der Waals surface area contributed by atoms with Crippen LogP contribution in [-0.4, -0.2) is 48.5 Å². The van der Waals surface area contributed by atoms with E-state index in [2.05, 4.69) is 46.6 Å². The smallest absolute Gasteiger partial charge is 0.225 e. The van der Waals surface area contributed by atoms with Crippen LogP contribution in [0.5, 0.6) is 0 Å². The third-order valence-electron chi connectivity index (χ3n) is 4.06. The summed E-state index contributed by atoms with van der Waals surface area (Å²) >= 11 is 2.08. The van der Waals surface area contributed by atoms with Crippen LogP contribution in [0.1, 0.15) is 60.3 Å². The molecule has 140 valence electrons.